The number of amides is 2. The lowest BCUT2D eigenvalue weighted by molar-refractivity contribution is -0.140. The maximum atomic E-state index is 14.2. The number of piperidine rings is 1. The van der Waals surface area contributed by atoms with Crippen molar-refractivity contribution in [3.63, 3.8) is 0 Å². The van der Waals surface area contributed by atoms with Gasteiger partial charge in [-0.05, 0) is 82.2 Å². The van der Waals surface area contributed by atoms with E-state index in [9.17, 15) is 18.0 Å². The number of anilines is 1. The number of benzene rings is 1. The van der Waals surface area contributed by atoms with Crippen molar-refractivity contribution in [1.82, 2.24) is 19.6 Å². The maximum absolute atomic E-state index is 14.2. The third-order valence-electron chi connectivity index (χ3n) is 7.80. The predicted octanol–water partition coefficient (Wildman–Crippen LogP) is 4.21. The summed E-state index contributed by atoms with van der Waals surface area (Å²) in [4.78, 5) is 32.2. The topological polar surface area (TPSA) is 114 Å². The Labute approximate surface area is 245 Å². The van der Waals surface area contributed by atoms with E-state index in [1.54, 1.807) is 24.1 Å². The molecule has 2 unspecified atom stereocenters. The van der Waals surface area contributed by atoms with Gasteiger partial charge in [-0.1, -0.05) is 13.8 Å². The average molecular weight is 590 g/mol. The van der Waals surface area contributed by atoms with Crippen LogP contribution in [0, 0.1) is 18.8 Å². The second-order valence-corrected chi connectivity index (χ2v) is 13.9. The molecule has 11 heteroatoms. The largest absolute Gasteiger partial charge is 0.497 e. The van der Waals surface area contributed by atoms with Crippen molar-refractivity contribution in [3.8, 4) is 5.75 Å². The van der Waals surface area contributed by atoms with Gasteiger partial charge in [-0.3, -0.25) is 14.3 Å². The number of likely N-dealkylation sites (tertiary alicyclic amines) is 1. The van der Waals surface area contributed by atoms with Crippen molar-refractivity contribution in [2.45, 2.75) is 77.4 Å². The molecule has 0 bridgehead atoms. The van der Waals surface area contributed by atoms with Gasteiger partial charge in [-0.15, -0.1) is 0 Å². The van der Waals surface area contributed by atoms with E-state index < -0.39 is 21.8 Å². The fraction of sp³-hybridized carbons (Fsp3) is 0.633. The number of hydrogen-bond donors (Lipinski definition) is 1. The summed E-state index contributed by atoms with van der Waals surface area (Å²) in [5.74, 6) is 0.443. The number of nitrogens with one attached hydrogen (secondary N) is 1. The summed E-state index contributed by atoms with van der Waals surface area (Å²) < 4.78 is 32.5. The van der Waals surface area contributed by atoms with Gasteiger partial charge in [-0.25, -0.2) is 8.42 Å². The molecule has 1 N–H and O–H groups in total. The highest BCUT2D eigenvalue weighted by atomic mass is 32.2. The van der Waals surface area contributed by atoms with Gasteiger partial charge in [0.2, 0.25) is 5.91 Å². The van der Waals surface area contributed by atoms with Crippen LogP contribution in [0.2, 0.25) is 0 Å². The Bertz CT molecular complexity index is 1320. The van der Waals surface area contributed by atoms with Crippen molar-refractivity contribution in [1.29, 1.82) is 0 Å². The summed E-state index contributed by atoms with van der Waals surface area (Å²) in [6.07, 6.45) is 5.36. The highest BCUT2D eigenvalue weighted by Crippen LogP contribution is 2.33. The lowest BCUT2D eigenvalue weighted by Crippen LogP contribution is -2.48. The first-order valence-electron chi connectivity index (χ1n) is 14.4. The van der Waals surface area contributed by atoms with Crippen LogP contribution < -0.4 is 10.1 Å². The zero-order valence-electron chi connectivity index (χ0n) is 25.8. The molecule has 0 spiro atoms. The summed E-state index contributed by atoms with van der Waals surface area (Å²) in [5, 5.41) is 7.14. The second kappa shape index (κ2) is 13.8. The van der Waals surface area contributed by atoms with E-state index in [4.69, 9.17) is 4.74 Å². The molecule has 1 aliphatic rings. The van der Waals surface area contributed by atoms with Crippen LogP contribution in [0.5, 0.6) is 5.75 Å². The molecule has 0 saturated carbocycles. The Morgan fingerprint density at radius 1 is 1.22 bits per heavy atom. The van der Waals surface area contributed by atoms with Crippen molar-refractivity contribution in [2.75, 3.05) is 38.3 Å². The normalized spacial score (nSPS) is 17.1. The number of hydrogen-bond acceptors (Lipinski definition) is 7. The molecule has 1 fully saturated rings. The van der Waals surface area contributed by atoms with Crippen LogP contribution in [0.15, 0.2) is 29.4 Å². The van der Waals surface area contributed by atoms with E-state index >= 15 is 0 Å². The molecule has 41 heavy (non-hydrogen) atoms. The van der Waals surface area contributed by atoms with E-state index in [1.807, 2.05) is 13.0 Å². The molecule has 2 aromatic rings. The highest BCUT2D eigenvalue weighted by molar-refractivity contribution is 7.90. The minimum atomic E-state index is -3.77. The third-order valence-corrected chi connectivity index (χ3v) is 9.00. The summed E-state index contributed by atoms with van der Waals surface area (Å²) in [6.45, 7) is 12.4. The van der Waals surface area contributed by atoms with Crippen LogP contribution in [0.4, 0.5) is 5.69 Å². The lowest BCUT2D eigenvalue weighted by atomic mass is 9.94. The lowest BCUT2D eigenvalue weighted by Gasteiger charge is -2.39. The number of aryl methyl sites for hydroxylation is 2. The zero-order valence-corrected chi connectivity index (χ0v) is 26.6. The second-order valence-electron chi connectivity index (χ2n) is 11.9. The minimum Gasteiger partial charge on any atom is -0.497 e. The summed E-state index contributed by atoms with van der Waals surface area (Å²) in [7, 11) is -0.659. The number of sulfone groups is 1. The molecular formula is C30H47N5O5S. The Morgan fingerprint density at radius 3 is 2.51 bits per heavy atom. The molecule has 1 saturated heterocycles. The van der Waals surface area contributed by atoms with Gasteiger partial charge >= 0.3 is 0 Å². The zero-order chi connectivity index (χ0) is 30.5. The molecule has 0 radical (unpaired) electrons. The van der Waals surface area contributed by atoms with Crippen molar-refractivity contribution < 1.29 is 22.7 Å². The standard InChI is InChI=1S/C30H47N5O5S/c1-20(2)11-14-27(36)35(19-23-10-9-15-34(18-23)21(3)4)28(25-17-31-33(6)30(25)41(8,38)39)29(37)32-26-13-12-24(40-7)16-22(26)5/h12-13,16-17,20-21,23,28H,9-11,14-15,18-19H2,1-8H3,(H,32,37). The predicted molar refractivity (Wildman–Crippen MR) is 161 cm³/mol. The molecule has 228 valence electrons. The van der Waals surface area contributed by atoms with Gasteiger partial charge in [0, 0.05) is 50.1 Å². The fourth-order valence-corrected chi connectivity index (χ4v) is 6.66. The van der Waals surface area contributed by atoms with Gasteiger partial charge in [0.15, 0.2) is 14.9 Å². The Morgan fingerprint density at radius 2 is 1.93 bits per heavy atom. The van der Waals surface area contributed by atoms with Gasteiger partial charge < -0.3 is 19.9 Å². The SMILES string of the molecule is COc1ccc(NC(=O)C(c2cnn(C)c2S(C)(=O)=O)N(CC2CCCN(C(C)C)C2)C(=O)CCC(C)C)c(C)c1. The molecule has 2 amide bonds. The van der Waals surface area contributed by atoms with Crippen molar-refractivity contribution >= 4 is 27.3 Å². The number of carbonyl (C=O) groups excluding carboxylic acids is 2. The molecule has 10 nitrogen and oxygen atoms in total. The van der Waals surface area contributed by atoms with Crippen LogP contribution >= 0.6 is 0 Å². The van der Waals surface area contributed by atoms with E-state index in [2.05, 4.69) is 43.0 Å². The van der Waals surface area contributed by atoms with E-state index in [0.717, 1.165) is 37.8 Å². The first-order valence-corrected chi connectivity index (χ1v) is 16.3. The van der Waals surface area contributed by atoms with Crippen LogP contribution in [-0.4, -0.2) is 78.9 Å². The van der Waals surface area contributed by atoms with E-state index in [-0.39, 0.29) is 28.8 Å². The summed E-state index contributed by atoms with van der Waals surface area (Å²) in [6, 6.07) is 4.50. The first kappa shape index (κ1) is 32.6. The van der Waals surface area contributed by atoms with Gasteiger partial charge in [0.1, 0.15) is 11.8 Å². The van der Waals surface area contributed by atoms with Gasteiger partial charge in [0.05, 0.1) is 13.3 Å². The first-order chi connectivity index (χ1) is 19.2. The number of rotatable bonds is 12. The van der Waals surface area contributed by atoms with E-state index in [1.165, 1.54) is 17.9 Å². The van der Waals surface area contributed by atoms with E-state index in [0.29, 0.717) is 36.4 Å². The summed E-state index contributed by atoms with van der Waals surface area (Å²) >= 11 is 0. The van der Waals surface area contributed by atoms with Crippen LogP contribution in [-0.2, 0) is 26.5 Å². The highest BCUT2D eigenvalue weighted by Gasteiger charge is 2.38. The quantitative estimate of drug-likeness (QED) is 0.395. The van der Waals surface area contributed by atoms with Gasteiger partial charge in [-0.2, -0.15) is 5.10 Å². The minimum absolute atomic E-state index is 0.0711. The van der Waals surface area contributed by atoms with Gasteiger partial charge in [0.25, 0.3) is 5.91 Å². The third kappa shape index (κ3) is 8.31. The van der Waals surface area contributed by atoms with Crippen LogP contribution in [0.3, 0.4) is 0 Å². The molecule has 2 atom stereocenters. The average Bonchev–Trinajstić information content (AvgIpc) is 3.29. The number of carbonyl (C=O) groups is 2. The fourth-order valence-electron chi connectivity index (χ4n) is 5.54. The monoisotopic (exact) mass is 589 g/mol. The van der Waals surface area contributed by atoms with Crippen LogP contribution in [0.1, 0.15) is 70.5 Å². The molecule has 0 aliphatic carbocycles. The Balaban J connectivity index is 2.11. The van der Waals surface area contributed by atoms with Crippen LogP contribution in [0.25, 0.3) is 0 Å². The molecular weight excluding hydrogens is 542 g/mol. The maximum Gasteiger partial charge on any atom is 0.251 e. The molecule has 3 rings (SSSR count). The number of nitrogens with zero attached hydrogens (tertiary/aromatic N) is 4. The number of ether oxygens (including phenoxy) is 1. The van der Waals surface area contributed by atoms with Crippen molar-refractivity contribution in [3.05, 3.63) is 35.5 Å². The molecule has 1 aromatic carbocycles. The smallest absolute Gasteiger partial charge is 0.251 e. The summed E-state index contributed by atoms with van der Waals surface area (Å²) in [5.41, 5.74) is 1.54. The Kier molecular flexibility index (Phi) is 11.0. The number of methoxy groups -OCH3 is 1. The molecule has 2 heterocycles. The Hall–Kier alpha value is -2.92. The number of aromatic nitrogens is 2. The van der Waals surface area contributed by atoms with Crippen molar-refractivity contribution in [2.24, 2.45) is 18.9 Å². The molecule has 1 aliphatic heterocycles. The molecule has 1 aromatic heterocycles.